The van der Waals surface area contributed by atoms with E-state index in [0.717, 1.165) is 6.42 Å². The highest BCUT2D eigenvalue weighted by Gasteiger charge is 2.28. The van der Waals surface area contributed by atoms with Crippen LogP contribution < -0.4 is 11.1 Å². The standard InChI is InChI=1S/C15H22N2O/c1-11-4-2-3-5-12(11)8-9-15(18)17-10-14(16)13-6-7-13/h2-5,13-14H,6-10,16H2,1H3,(H,17,18). The first-order valence-electron chi connectivity index (χ1n) is 6.73. The van der Waals surface area contributed by atoms with Crippen LogP contribution in [0, 0.1) is 12.8 Å². The largest absolute Gasteiger partial charge is 0.355 e. The highest BCUT2D eigenvalue weighted by Crippen LogP contribution is 2.31. The molecular formula is C15H22N2O. The normalized spacial score (nSPS) is 16.3. The molecular weight excluding hydrogens is 224 g/mol. The Morgan fingerprint density at radius 3 is 2.83 bits per heavy atom. The van der Waals surface area contributed by atoms with E-state index in [-0.39, 0.29) is 11.9 Å². The van der Waals surface area contributed by atoms with E-state index in [1.54, 1.807) is 0 Å². The van der Waals surface area contributed by atoms with Crippen LogP contribution in [0.4, 0.5) is 0 Å². The molecule has 1 aromatic carbocycles. The van der Waals surface area contributed by atoms with Crippen LogP contribution in [0.25, 0.3) is 0 Å². The van der Waals surface area contributed by atoms with Crippen LogP contribution in [0.1, 0.15) is 30.4 Å². The van der Waals surface area contributed by atoms with Crippen molar-refractivity contribution in [3.05, 3.63) is 35.4 Å². The number of nitrogens with one attached hydrogen (secondary N) is 1. The monoisotopic (exact) mass is 246 g/mol. The van der Waals surface area contributed by atoms with Crippen molar-refractivity contribution < 1.29 is 4.79 Å². The average molecular weight is 246 g/mol. The lowest BCUT2D eigenvalue weighted by atomic mass is 10.0. The van der Waals surface area contributed by atoms with Gasteiger partial charge in [-0.2, -0.15) is 0 Å². The maximum atomic E-state index is 11.7. The minimum atomic E-state index is 0.106. The maximum absolute atomic E-state index is 11.7. The summed E-state index contributed by atoms with van der Waals surface area (Å²) in [7, 11) is 0. The summed E-state index contributed by atoms with van der Waals surface area (Å²) in [5.74, 6) is 0.746. The van der Waals surface area contributed by atoms with Crippen LogP contribution in [0.3, 0.4) is 0 Å². The van der Waals surface area contributed by atoms with Gasteiger partial charge in [0.2, 0.25) is 5.91 Å². The van der Waals surface area contributed by atoms with E-state index in [2.05, 4.69) is 24.4 Å². The molecule has 1 amide bonds. The third kappa shape index (κ3) is 3.84. The number of carbonyl (C=O) groups excluding carboxylic acids is 1. The van der Waals surface area contributed by atoms with E-state index in [1.165, 1.54) is 24.0 Å². The maximum Gasteiger partial charge on any atom is 0.220 e. The lowest BCUT2D eigenvalue weighted by molar-refractivity contribution is -0.121. The number of aryl methyl sites for hydroxylation is 2. The second kappa shape index (κ2) is 6.01. The Morgan fingerprint density at radius 1 is 1.44 bits per heavy atom. The van der Waals surface area contributed by atoms with Crippen LogP contribution in [-0.2, 0) is 11.2 Å². The Bertz CT molecular complexity index is 413. The molecule has 0 aromatic heterocycles. The van der Waals surface area contributed by atoms with Crippen molar-refractivity contribution in [3.63, 3.8) is 0 Å². The summed E-state index contributed by atoms with van der Waals surface area (Å²) in [4.78, 5) is 11.7. The van der Waals surface area contributed by atoms with Gasteiger partial charge in [-0.1, -0.05) is 24.3 Å². The summed E-state index contributed by atoms with van der Waals surface area (Å²) < 4.78 is 0. The van der Waals surface area contributed by atoms with E-state index in [9.17, 15) is 4.79 Å². The summed E-state index contributed by atoms with van der Waals surface area (Å²) in [6.07, 6.45) is 3.79. The van der Waals surface area contributed by atoms with E-state index in [0.29, 0.717) is 18.9 Å². The molecule has 3 heteroatoms. The van der Waals surface area contributed by atoms with Gasteiger partial charge in [0.1, 0.15) is 0 Å². The molecule has 0 radical (unpaired) electrons. The Labute approximate surface area is 109 Å². The molecule has 1 aliphatic rings. The molecule has 1 aliphatic carbocycles. The number of nitrogens with two attached hydrogens (primary N) is 1. The Morgan fingerprint density at radius 2 is 2.17 bits per heavy atom. The number of amides is 1. The molecule has 3 N–H and O–H groups in total. The van der Waals surface area contributed by atoms with Crippen molar-refractivity contribution in [1.82, 2.24) is 5.32 Å². The van der Waals surface area contributed by atoms with E-state index >= 15 is 0 Å². The second-order valence-corrected chi connectivity index (χ2v) is 5.23. The SMILES string of the molecule is Cc1ccccc1CCC(=O)NCC(N)C1CC1. The van der Waals surface area contributed by atoms with Gasteiger partial charge in [-0.15, -0.1) is 0 Å². The summed E-state index contributed by atoms with van der Waals surface area (Å²) in [6, 6.07) is 8.35. The van der Waals surface area contributed by atoms with Crippen molar-refractivity contribution >= 4 is 5.91 Å². The molecule has 0 bridgehead atoms. The van der Waals surface area contributed by atoms with Gasteiger partial charge in [-0.3, -0.25) is 4.79 Å². The molecule has 1 unspecified atom stereocenters. The fourth-order valence-electron chi connectivity index (χ4n) is 2.15. The molecule has 1 saturated carbocycles. The fraction of sp³-hybridized carbons (Fsp3) is 0.533. The molecule has 0 aliphatic heterocycles. The lowest BCUT2D eigenvalue weighted by Gasteiger charge is -2.11. The first-order chi connectivity index (χ1) is 8.66. The van der Waals surface area contributed by atoms with Crippen LogP contribution in [0.2, 0.25) is 0 Å². The number of rotatable bonds is 6. The molecule has 2 rings (SSSR count). The van der Waals surface area contributed by atoms with Crippen molar-refractivity contribution in [3.8, 4) is 0 Å². The zero-order chi connectivity index (χ0) is 13.0. The van der Waals surface area contributed by atoms with Crippen molar-refractivity contribution in [1.29, 1.82) is 0 Å². The smallest absolute Gasteiger partial charge is 0.220 e. The van der Waals surface area contributed by atoms with Crippen LogP contribution in [0.5, 0.6) is 0 Å². The molecule has 1 aromatic rings. The third-order valence-electron chi connectivity index (χ3n) is 3.65. The fourth-order valence-corrected chi connectivity index (χ4v) is 2.15. The van der Waals surface area contributed by atoms with Crippen LogP contribution in [-0.4, -0.2) is 18.5 Å². The van der Waals surface area contributed by atoms with E-state index in [4.69, 9.17) is 5.73 Å². The molecule has 0 saturated heterocycles. The van der Waals surface area contributed by atoms with Gasteiger partial charge >= 0.3 is 0 Å². The number of benzene rings is 1. The minimum Gasteiger partial charge on any atom is -0.355 e. The molecule has 0 heterocycles. The van der Waals surface area contributed by atoms with Crippen LogP contribution in [0.15, 0.2) is 24.3 Å². The number of hydrogen-bond donors (Lipinski definition) is 2. The van der Waals surface area contributed by atoms with E-state index in [1.807, 2.05) is 12.1 Å². The molecule has 18 heavy (non-hydrogen) atoms. The first-order valence-corrected chi connectivity index (χ1v) is 6.73. The summed E-state index contributed by atoms with van der Waals surface area (Å²) in [5, 5.41) is 2.93. The van der Waals surface area contributed by atoms with Gasteiger partial charge in [-0.25, -0.2) is 0 Å². The summed E-state index contributed by atoms with van der Waals surface area (Å²) in [6.45, 7) is 2.70. The van der Waals surface area contributed by atoms with Gasteiger partial charge in [0.15, 0.2) is 0 Å². The quantitative estimate of drug-likeness (QED) is 0.804. The van der Waals surface area contributed by atoms with Crippen LogP contribution >= 0.6 is 0 Å². The van der Waals surface area contributed by atoms with Crippen molar-refractivity contribution in [2.45, 2.75) is 38.6 Å². The van der Waals surface area contributed by atoms with E-state index < -0.39 is 0 Å². The Kier molecular flexibility index (Phi) is 4.37. The first kappa shape index (κ1) is 13.1. The van der Waals surface area contributed by atoms with Gasteiger partial charge in [0, 0.05) is 19.0 Å². The molecule has 1 fully saturated rings. The van der Waals surface area contributed by atoms with Gasteiger partial charge in [0.25, 0.3) is 0 Å². The Balaban J connectivity index is 1.69. The predicted molar refractivity (Wildman–Crippen MR) is 73.2 cm³/mol. The number of hydrogen-bond acceptors (Lipinski definition) is 2. The molecule has 0 spiro atoms. The predicted octanol–water partition coefficient (Wildman–Crippen LogP) is 1.78. The number of carbonyl (C=O) groups is 1. The zero-order valence-corrected chi connectivity index (χ0v) is 11.0. The summed E-state index contributed by atoms with van der Waals surface area (Å²) >= 11 is 0. The Hall–Kier alpha value is -1.35. The molecule has 98 valence electrons. The highest BCUT2D eigenvalue weighted by atomic mass is 16.1. The third-order valence-corrected chi connectivity index (χ3v) is 3.65. The van der Waals surface area contributed by atoms with Gasteiger partial charge in [-0.05, 0) is 43.2 Å². The highest BCUT2D eigenvalue weighted by molar-refractivity contribution is 5.76. The van der Waals surface area contributed by atoms with Gasteiger partial charge < -0.3 is 11.1 Å². The average Bonchev–Trinajstić information content (AvgIpc) is 3.19. The molecule has 3 nitrogen and oxygen atoms in total. The zero-order valence-electron chi connectivity index (χ0n) is 11.0. The van der Waals surface area contributed by atoms with Gasteiger partial charge in [0.05, 0.1) is 0 Å². The second-order valence-electron chi connectivity index (χ2n) is 5.23. The van der Waals surface area contributed by atoms with Crippen molar-refractivity contribution in [2.24, 2.45) is 11.7 Å². The minimum absolute atomic E-state index is 0.106. The lowest BCUT2D eigenvalue weighted by Crippen LogP contribution is -2.38. The van der Waals surface area contributed by atoms with Crippen molar-refractivity contribution in [2.75, 3.05) is 6.54 Å². The molecule has 1 atom stereocenters. The summed E-state index contributed by atoms with van der Waals surface area (Å²) in [5.41, 5.74) is 8.44. The topological polar surface area (TPSA) is 55.1 Å².